The van der Waals surface area contributed by atoms with E-state index < -0.39 is 0 Å². The van der Waals surface area contributed by atoms with Crippen LogP contribution in [0.2, 0.25) is 0 Å². The molecule has 22 heavy (non-hydrogen) atoms. The molecule has 0 fully saturated rings. The zero-order valence-electron chi connectivity index (χ0n) is 12.6. The first-order valence-corrected chi connectivity index (χ1v) is 7.60. The smallest absolute Gasteiger partial charge is 0.0606 e. The number of likely N-dealkylation sites (N-methyl/N-ethyl adjacent to an activating group) is 1. The molecule has 0 radical (unpaired) electrons. The Balaban J connectivity index is 1.94. The zero-order chi connectivity index (χ0) is 15.1. The van der Waals surface area contributed by atoms with Crippen molar-refractivity contribution in [3.8, 4) is 11.1 Å². The zero-order valence-corrected chi connectivity index (χ0v) is 12.6. The molecule has 0 unspecified atom stereocenters. The van der Waals surface area contributed by atoms with E-state index in [-0.39, 0.29) is 0 Å². The van der Waals surface area contributed by atoms with Crippen LogP contribution in [0.25, 0.3) is 21.9 Å². The Morgan fingerprint density at radius 3 is 2.82 bits per heavy atom. The molecule has 0 saturated heterocycles. The monoisotopic (exact) mass is 289 g/mol. The van der Waals surface area contributed by atoms with E-state index in [2.05, 4.69) is 65.8 Å². The van der Waals surface area contributed by atoms with Gasteiger partial charge in [-0.05, 0) is 46.2 Å². The lowest BCUT2D eigenvalue weighted by Gasteiger charge is -2.29. The molecule has 3 aromatic rings. The van der Waals surface area contributed by atoms with Gasteiger partial charge >= 0.3 is 0 Å². The second-order valence-corrected chi connectivity index (χ2v) is 5.87. The summed E-state index contributed by atoms with van der Waals surface area (Å²) in [4.78, 5) is 2.30. The molecule has 0 aliphatic carbocycles. The van der Waals surface area contributed by atoms with Crippen molar-refractivity contribution in [3.63, 3.8) is 0 Å². The number of nitrogens with one attached hydrogen (secondary N) is 1. The summed E-state index contributed by atoms with van der Waals surface area (Å²) >= 11 is 0. The van der Waals surface area contributed by atoms with Gasteiger partial charge in [-0.3, -0.25) is 0 Å². The largest absolute Gasteiger partial charge is 0.399 e. The van der Waals surface area contributed by atoms with Crippen LogP contribution >= 0.6 is 0 Å². The van der Waals surface area contributed by atoms with Crippen molar-refractivity contribution in [1.29, 1.82) is 0 Å². The number of nitrogens with two attached hydrogens (primary N) is 1. The number of nitrogen functional groups attached to an aromatic ring is 1. The molecule has 1 heterocycles. The van der Waals surface area contributed by atoms with Gasteiger partial charge in [0.05, 0.1) is 11.4 Å². The van der Waals surface area contributed by atoms with E-state index >= 15 is 0 Å². The third kappa shape index (κ3) is 2.06. The van der Waals surface area contributed by atoms with Crippen molar-refractivity contribution in [2.45, 2.75) is 0 Å². The first-order valence-electron chi connectivity index (χ1n) is 7.60. The van der Waals surface area contributed by atoms with E-state index in [4.69, 9.17) is 5.73 Å². The molecule has 3 nitrogen and oxygen atoms in total. The van der Waals surface area contributed by atoms with Gasteiger partial charge in [-0.2, -0.15) is 0 Å². The van der Waals surface area contributed by atoms with Crippen molar-refractivity contribution >= 4 is 27.8 Å². The third-order valence-electron chi connectivity index (χ3n) is 4.37. The predicted octanol–water partition coefficient (Wildman–Crippen LogP) is 3.95. The SMILES string of the molecule is CN1CCNc2ccc(-c3cc(N)cc4ccccc34)cc21. The van der Waals surface area contributed by atoms with E-state index in [0.717, 1.165) is 18.8 Å². The van der Waals surface area contributed by atoms with Gasteiger partial charge in [0, 0.05) is 25.8 Å². The van der Waals surface area contributed by atoms with Gasteiger partial charge in [-0.1, -0.05) is 30.3 Å². The van der Waals surface area contributed by atoms with E-state index in [1.807, 2.05) is 6.07 Å². The summed E-state index contributed by atoms with van der Waals surface area (Å²) in [5.74, 6) is 0. The van der Waals surface area contributed by atoms with Crippen LogP contribution in [0.4, 0.5) is 17.1 Å². The van der Waals surface area contributed by atoms with Crippen LogP contribution < -0.4 is 16.0 Å². The van der Waals surface area contributed by atoms with Crippen molar-refractivity contribution in [2.75, 3.05) is 36.1 Å². The fourth-order valence-electron chi connectivity index (χ4n) is 3.22. The number of fused-ring (bicyclic) bond motifs is 2. The van der Waals surface area contributed by atoms with Gasteiger partial charge < -0.3 is 16.0 Å². The van der Waals surface area contributed by atoms with Gasteiger partial charge in [-0.15, -0.1) is 0 Å². The summed E-state index contributed by atoms with van der Waals surface area (Å²) in [6, 6.07) is 19.1. The van der Waals surface area contributed by atoms with Crippen molar-refractivity contribution in [3.05, 3.63) is 54.6 Å². The molecule has 0 amide bonds. The average Bonchev–Trinajstić information content (AvgIpc) is 2.54. The number of hydrogen-bond donors (Lipinski definition) is 2. The highest BCUT2D eigenvalue weighted by molar-refractivity contribution is 6.00. The summed E-state index contributed by atoms with van der Waals surface area (Å²) in [7, 11) is 2.14. The quantitative estimate of drug-likeness (QED) is 0.666. The van der Waals surface area contributed by atoms with Crippen LogP contribution in [0.1, 0.15) is 0 Å². The molecule has 3 N–H and O–H groups in total. The summed E-state index contributed by atoms with van der Waals surface area (Å²) in [5, 5.41) is 5.87. The molecule has 1 aliphatic heterocycles. The molecular formula is C19H19N3. The van der Waals surface area contributed by atoms with Gasteiger partial charge in [0.1, 0.15) is 0 Å². The van der Waals surface area contributed by atoms with Gasteiger partial charge in [-0.25, -0.2) is 0 Å². The summed E-state index contributed by atoms with van der Waals surface area (Å²) in [6.45, 7) is 2.01. The van der Waals surface area contributed by atoms with Gasteiger partial charge in [0.15, 0.2) is 0 Å². The molecule has 0 spiro atoms. The molecule has 110 valence electrons. The number of nitrogens with zero attached hydrogens (tertiary/aromatic N) is 1. The highest BCUT2D eigenvalue weighted by Crippen LogP contribution is 2.36. The van der Waals surface area contributed by atoms with Crippen molar-refractivity contribution in [2.24, 2.45) is 0 Å². The van der Waals surface area contributed by atoms with Gasteiger partial charge in [0.25, 0.3) is 0 Å². The minimum atomic E-state index is 0.804. The molecule has 3 aromatic carbocycles. The fraction of sp³-hybridized carbons (Fsp3) is 0.158. The Morgan fingerprint density at radius 2 is 1.91 bits per heavy atom. The van der Waals surface area contributed by atoms with Crippen LogP contribution in [-0.4, -0.2) is 20.1 Å². The minimum Gasteiger partial charge on any atom is -0.399 e. The summed E-state index contributed by atoms with van der Waals surface area (Å²) in [5.41, 5.74) is 11.8. The van der Waals surface area contributed by atoms with Crippen molar-refractivity contribution < 1.29 is 0 Å². The third-order valence-corrected chi connectivity index (χ3v) is 4.37. The molecule has 0 bridgehead atoms. The number of rotatable bonds is 1. The van der Waals surface area contributed by atoms with Gasteiger partial charge in [0.2, 0.25) is 0 Å². The molecule has 0 saturated carbocycles. The fourth-order valence-corrected chi connectivity index (χ4v) is 3.22. The lowest BCUT2D eigenvalue weighted by atomic mass is 9.96. The molecular weight excluding hydrogens is 270 g/mol. The maximum absolute atomic E-state index is 6.10. The predicted molar refractivity (Wildman–Crippen MR) is 95.6 cm³/mol. The summed E-state index contributed by atoms with van der Waals surface area (Å²) < 4.78 is 0. The van der Waals surface area contributed by atoms with Crippen LogP contribution in [0, 0.1) is 0 Å². The van der Waals surface area contributed by atoms with E-state index in [1.165, 1.54) is 33.3 Å². The second-order valence-electron chi connectivity index (χ2n) is 5.87. The first kappa shape index (κ1) is 13.0. The molecule has 0 atom stereocenters. The van der Waals surface area contributed by atoms with Crippen LogP contribution in [0.5, 0.6) is 0 Å². The average molecular weight is 289 g/mol. The molecule has 3 heteroatoms. The Bertz CT molecular complexity index is 854. The minimum absolute atomic E-state index is 0.804. The number of benzene rings is 3. The Kier molecular flexibility index (Phi) is 2.93. The normalized spacial score (nSPS) is 13.8. The number of anilines is 3. The maximum atomic E-state index is 6.10. The molecule has 4 rings (SSSR count). The maximum Gasteiger partial charge on any atom is 0.0606 e. The van der Waals surface area contributed by atoms with Crippen molar-refractivity contribution in [1.82, 2.24) is 0 Å². The molecule has 0 aromatic heterocycles. The van der Waals surface area contributed by atoms with E-state index in [1.54, 1.807) is 0 Å². The standard InChI is InChI=1S/C19H19N3/c1-22-9-8-21-18-7-6-14(11-19(18)22)17-12-15(20)10-13-4-2-3-5-16(13)17/h2-7,10-12,21H,8-9,20H2,1H3. The van der Waals surface area contributed by atoms with Crippen LogP contribution in [0.15, 0.2) is 54.6 Å². The van der Waals surface area contributed by atoms with Crippen LogP contribution in [0.3, 0.4) is 0 Å². The number of hydrogen-bond acceptors (Lipinski definition) is 3. The Labute approximate surface area is 130 Å². The lowest BCUT2D eigenvalue weighted by Crippen LogP contribution is -2.30. The topological polar surface area (TPSA) is 41.3 Å². The Hall–Kier alpha value is -2.68. The van der Waals surface area contributed by atoms with Crippen LogP contribution in [-0.2, 0) is 0 Å². The van der Waals surface area contributed by atoms with E-state index in [0.29, 0.717) is 0 Å². The second kappa shape index (κ2) is 4.95. The molecule has 1 aliphatic rings. The lowest BCUT2D eigenvalue weighted by molar-refractivity contribution is 0.887. The highest BCUT2D eigenvalue weighted by atomic mass is 15.2. The Morgan fingerprint density at radius 1 is 1.05 bits per heavy atom. The van der Waals surface area contributed by atoms with E-state index in [9.17, 15) is 0 Å². The first-order chi connectivity index (χ1) is 10.7. The highest BCUT2D eigenvalue weighted by Gasteiger charge is 2.14. The summed E-state index contributed by atoms with van der Waals surface area (Å²) in [6.07, 6.45) is 0.